The number of hydrogen-bond donors (Lipinski definition) is 0. The van der Waals surface area contributed by atoms with Gasteiger partial charge < -0.3 is 9.47 Å². The van der Waals surface area contributed by atoms with Gasteiger partial charge in [0.1, 0.15) is 0 Å². The molecule has 0 saturated carbocycles. The van der Waals surface area contributed by atoms with Crippen molar-refractivity contribution in [2.75, 3.05) is 0 Å². The Balaban J connectivity index is 2.05. The quantitative estimate of drug-likeness (QED) is 0.589. The van der Waals surface area contributed by atoms with Gasteiger partial charge in [0.2, 0.25) is 0 Å². The zero-order chi connectivity index (χ0) is 16.4. The largest absolute Gasteiger partial charge is 0.487 e. The van der Waals surface area contributed by atoms with Crippen molar-refractivity contribution in [3.05, 3.63) is 47.5 Å². The van der Waals surface area contributed by atoms with Gasteiger partial charge in [0.05, 0.1) is 12.2 Å². The predicted molar refractivity (Wildman–Crippen MR) is 95.4 cm³/mol. The molecule has 23 heavy (non-hydrogen) atoms. The Hall–Kier alpha value is -1.96. The van der Waals surface area contributed by atoms with Crippen LogP contribution in [0.5, 0.6) is 11.5 Å². The minimum absolute atomic E-state index is 0.185. The van der Waals surface area contributed by atoms with E-state index in [-0.39, 0.29) is 12.2 Å². The van der Waals surface area contributed by atoms with E-state index < -0.39 is 0 Å². The molecule has 2 heteroatoms. The molecular weight excluding hydrogens is 284 g/mol. The first-order chi connectivity index (χ1) is 11.1. The lowest BCUT2D eigenvalue weighted by Gasteiger charge is -2.22. The van der Waals surface area contributed by atoms with Gasteiger partial charge in [-0.15, -0.1) is 0 Å². The molecule has 0 N–H and O–H groups in total. The zero-order valence-corrected chi connectivity index (χ0v) is 14.6. The van der Waals surface area contributed by atoms with Gasteiger partial charge in [-0.2, -0.15) is 0 Å². The SMILES string of the molecule is CCC(C)Oc1ccc2c(c1OC(C)CC)Cc1ccccc1-2. The van der Waals surface area contributed by atoms with Crippen LogP contribution in [0.2, 0.25) is 0 Å². The Kier molecular flexibility index (Phi) is 4.61. The smallest absolute Gasteiger partial charge is 0.165 e. The number of ether oxygens (including phenoxy) is 2. The maximum absolute atomic E-state index is 6.29. The van der Waals surface area contributed by atoms with Crippen molar-refractivity contribution in [3.63, 3.8) is 0 Å². The van der Waals surface area contributed by atoms with Crippen LogP contribution < -0.4 is 9.47 Å². The summed E-state index contributed by atoms with van der Waals surface area (Å²) in [7, 11) is 0. The molecule has 0 bridgehead atoms. The van der Waals surface area contributed by atoms with Crippen molar-refractivity contribution in [1.82, 2.24) is 0 Å². The first kappa shape index (κ1) is 15.9. The molecule has 2 aromatic carbocycles. The summed E-state index contributed by atoms with van der Waals surface area (Å²) >= 11 is 0. The highest BCUT2D eigenvalue weighted by Gasteiger charge is 2.25. The van der Waals surface area contributed by atoms with E-state index in [9.17, 15) is 0 Å². The summed E-state index contributed by atoms with van der Waals surface area (Å²) in [4.78, 5) is 0. The second kappa shape index (κ2) is 6.66. The minimum Gasteiger partial charge on any atom is -0.487 e. The van der Waals surface area contributed by atoms with Crippen LogP contribution in [-0.2, 0) is 6.42 Å². The first-order valence-electron chi connectivity index (χ1n) is 8.71. The Morgan fingerprint density at radius 2 is 1.57 bits per heavy atom. The molecule has 0 aromatic heterocycles. The summed E-state index contributed by atoms with van der Waals surface area (Å²) in [5.74, 6) is 1.82. The minimum atomic E-state index is 0.185. The predicted octanol–water partition coefficient (Wildman–Crippen LogP) is 5.61. The molecule has 0 saturated heterocycles. The summed E-state index contributed by atoms with van der Waals surface area (Å²) in [6, 6.07) is 12.9. The molecule has 122 valence electrons. The molecule has 2 atom stereocenters. The Morgan fingerprint density at radius 1 is 0.870 bits per heavy atom. The lowest BCUT2D eigenvalue weighted by molar-refractivity contribution is 0.176. The van der Waals surface area contributed by atoms with Crippen molar-refractivity contribution < 1.29 is 9.47 Å². The fraction of sp³-hybridized carbons (Fsp3) is 0.429. The van der Waals surface area contributed by atoms with Crippen LogP contribution in [-0.4, -0.2) is 12.2 Å². The number of hydrogen-bond acceptors (Lipinski definition) is 2. The van der Waals surface area contributed by atoms with Gasteiger partial charge in [0, 0.05) is 12.0 Å². The van der Waals surface area contributed by atoms with E-state index in [1.165, 1.54) is 22.3 Å². The number of fused-ring (bicyclic) bond motifs is 3. The lowest BCUT2D eigenvalue weighted by atomic mass is 10.0. The van der Waals surface area contributed by atoms with Crippen molar-refractivity contribution >= 4 is 0 Å². The van der Waals surface area contributed by atoms with Gasteiger partial charge in [-0.05, 0) is 49.4 Å². The average Bonchev–Trinajstić information content (AvgIpc) is 2.95. The highest BCUT2D eigenvalue weighted by atomic mass is 16.5. The van der Waals surface area contributed by atoms with Gasteiger partial charge >= 0.3 is 0 Å². The van der Waals surface area contributed by atoms with Crippen LogP contribution >= 0.6 is 0 Å². The monoisotopic (exact) mass is 310 g/mol. The zero-order valence-electron chi connectivity index (χ0n) is 14.6. The second-order valence-electron chi connectivity index (χ2n) is 6.43. The maximum Gasteiger partial charge on any atom is 0.165 e. The average molecular weight is 310 g/mol. The van der Waals surface area contributed by atoms with Crippen LogP contribution in [0.3, 0.4) is 0 Å². The Labute approximate surface area is 139 Å². The van der Waals surface area contributed by atoms with E-state index in [4.69, 9.17) is 9.47 Å². The van der Waals surface area contributed by atoms with Crippen LogP contribution in [0.1, 0.15) is 51.7 Å². The Morgan fingerprint density at radius 3 is 2.30 bits per heavy atom. The summed E-state index contributed by atoms with van der Waals surface area (Å²) in [5.41, 5.74) is 5.26. The van der Waals surface area contributed by atoms with Gasteiger partial charge in [0.15, 0.2) is 11.5 Å². The molecule has 0 spiro atoms. The first-order valence-corrected chi connectivity index (χ1v) is 8.71. The van der Waals surface area contributed by atoms with Crippen LogP contribution in [0.15, 0.2) is 36.4 Å². The summed E-state index contributed by atoms with van der Waals surface area (Å²) in [6.45, 7) is 8.52. The van der Waals surface area contributed by atoms with E-state index in [1.54, 1.807) is 0 Å². The van der Waals surface area contributed by atoms with E-state index in [0.29, 0.717) is 0 Å². The van der Waals surface area contributed by atoms with E-state index in [0.717, 1.165) is 30.8 Å². The standard InChI is InChI=1S/C21H26O2/c1-5-14(3)22-20-12-11-18-17-10-8-7-9-16(17)13-19(18)21(20)23-15(4)6-2/h7-12,14-15H,5-6,13H2,1-4H3. The highest BCUT2D eigenvalue weighted by Crippen LogP contribution is 2.46. The molecule has 1 aliphatic carbocycles. The molecule has 0 radical (unpaired) electrons. The molecule has 0 amide bonds. The third-order valence-corrected chi connectivity index (χ3v) is 4.70. The van der Waals surface area contributed by atoms with E-state index >= 15 is 0 Å². The number of benzene rings is 2. The van der Waals surface area contributed by atoms with Gasteiger partial charge in [-0.3, -0.25) is 0 Å². The second-order valence-corrected chi connectivity index (χ2v) is 6.43. The summed E-state index contributed by atoms with van der Waals surface area (Å²) in [6.07, 6.45) is 3.27. The van der Waals surface area contributed by atoms with Gasteiger partial charge in [0.25, 0.3) is 0 Å². The van der Waals surface area contributed by atoms with Crippen molar-refractivity contribution in [3.8, 4) is 22.6 Å². The fourth-order valence-electron chi connectivity index (χ4n) is 2.97. The van der Waals surface area contributed by atoms with E-state index in [1.807, 2.05) is 0 Å². The molecule has 0 aliphatic heterocycles. The molecule has 0 heterocycles. The third-order valence-electron chi connectivity index (χ3n) is 4.70. The summed E-state index contributed by atoms with van der Waals surface area (Å²) < 4.78 is 12.4. The van der Waals surface area contributed by atoms with Gasteiger partial charge in [-0.25, -0.2) is 0 Å². The van der Waals surface area contributed by atoms with Crippen molar-refractivity contribution in [1.29, 1.82) is 0 Å². The lowest BCUT2D eigenvalue weighted by Crippen LogP contribution is -2.15. The maximum atomic E-state index is 6.29. The van der Waals surface area contributed by atoms with Crippen LogP contribution in [0.4, 0.5) is 0 Å². The van der Waals surface area contributed by atoms with Crippen LogP contribution in [0.25, 0.3) is 11.1 Å². The summed E-state index contributed by atoms with van der Waals surface area (Å²) in [5, 5.41) is 0. The van der Waals surface area contributed by atoms with Crippen molar-refractivity contribution in [2.24, 2.45) is 0 Å². The molecule has 2 aromatic rings. The highest BCUT2D eigenvalue weighted by molar-refractivity contribution is 5.80. The topological polar surface area (TPSA) is 18.5 Å². The van der Waals surface area contributed by atoms with Crippen LogP contribution in [0, 0.1) is 0 Å². The third kappa shape index (κ3) is 3.08. The normalized spacial score (nSPS) is 14.8. The number of rotatable bonds is 6. The molecule has 2 nitrogen and oxygen atoms in total. The Bertz CT molecular complexity index is 690. The van der Waals surface area contributed by atoms with Crippen molar-refractivity contribution in [2.45, 2.75) is 59.2 Å². The molecule has 0 fully saturated rings. The van der Waals surface area contributed by atoms with E-state index in [2.05, 4.69) is 64.1 Å². The molecular formula is C21H26O2. The fourth-order valence-corrected chi connectivity index (χ4v) is 2.97. The molecule has 2 unspecified atom stereocenters. The van der Waals surface area contributed by atoms with Gasteiger partial charge in [-0.1, -0.05) is 44.2 Å². The molecule has 1 aliphatic rings. The molecule has 3 rings (SSSR count).